The number of amides is 1. The standard InChI is InChI=1S/C20H20BrN3O2/c1-3-17(20(25)23-22-13-15-8-6-12-24(15)2)26-18-11-10-14-7-4-5-9-16(14)19(18)21/h4-13,17H,3H2,1-2H3,(H,23,25). The highest BCUT2D eigenvalue weighted by Gasteiger charge is 2.19. The molecule has 0 saturated heterocycles. The van der Waals surface area contributed by atoms with E-state index in [1.807, 2.05) is 73.3 Å². The van der Waals surface area contributed by atoms with Crippen LogP contribution in [-0.4, -0.2) is 22.8 Å². The monoisotopic (exact) mass is 413 g/mol. The first kappa shape index (κ1) is 18.2. The molecule has 3 aromatic rings. The fraction of sp³-hybridized carbons (Fsp3) is 0.200. The number of rotatable bonds is 6. The third-order valence-electron chi connectivity index (χ3n) is 4.12. The summed E-state index contributed by atoms with van der Waals surface area (Å²) in [6.45, 7) is 1.90. The molecule has 1 aromatic heterocycles. The molecule has 134 valence electrons. The summed E-state index contributed by atoms with van der Waals surface area (Å²) in [5, 5.41) is 6.17. The Kier molecular flexibility index (Phi) is 5.73. The summed E-state index contributed by atoms with van der Waals surface area (Å²) in [6.07, 6.45) is 3.43. The molecule has 3 rings (SSSR count). The third-order valence-corrected chi connectivity index (χ3v) is 4.93. The van der Waals surface area contributed by atoms with Gasteiger partial charge in [-0.05, 0) is 51.3 Å². The molecule has 26 heavy (non-hydrogen) atoms. The van der Waals surface area contributed by atoms with Gasteiger partial charge in [0.05, 0.1) is 16.4 Å². The molecule has 1 N–H and O–H groups in total. The van der Waals surface area contributed by atoms with Gasteiger partial charge in [0.1, 0.15) is 5.75 Å². The first-order valence-electron chi connectivity index (χ1n) is 8.38. The van der Waals surface area contributed by atoms with Gasteiger partial charge in [-0.2, -0.15) is 5.10 Å². The van der Waals surface area contributed by atoms with Gasteiger partial charge in [0.25, 0.3) is 5.91 Å². The summed E-state index contributed by atoms with van der Waals surface area (Å²) in [5.74, 6) is 0.357. The summed E-state index contributed by atoms with van der Waals surface area (Å²) in [6, 6.07) is 15.7. The van der Waals surface area contributed by atoms with Gasteiger partial charge in [0, 0.05) is 13.2 Å². The van der Waals surface area contributed by atoms with E-state index in [0.717, 1.165) is 20.9 Å². The van der Waals surface area contributed by atoms with Crippen molar-refractivity contribution in [1.82, 2.24) is 9.99 Å². The van der Waals surface area contributed by atoms with E-state index in [1.165, 1.54) is 0 Å². The Morgan fingerprint density at radius 2 is 2.08 bits per heavy atom. The minimum Gasteiger partial charge on any atom is -0.479 e. The van der Waals surface area contributed by atoms with E-state index in [0.29, 0.717) is 12.2 Å². The number of hydrazone groups is 1. The highest BCUT2D eigenvalue weighted by molar-refractivity contribution is 9.10. The number of benzene rings is 2. The smallest absolute Gasteiger partial charge is 0.281 e. The lowest BCUT2D eigenvalue weighted by Crippen LogP contribution is -2.35. The third kappa shape index (κ3) is 3.96. The van der Waals surface area contributed by atoms with Crippen molar-refractivity contribution in [3.05, 3.63) is 64.9 Å². The number of halogens is 1. The molecule has 1 amide bonds. The molecule has 0 spiro atoms. The Balaban J connectivity index is 1.71. The second-order valence-electron chi connectivity index (χ2n) is 5.89. The summed E-state index contributed by atoms with van der Waals surface area (Å²) in [5.41, 5.74) is 3.45. The highest BCUT2D eigenvalue weighted by Crippen LogP contribution is 2.33. The normalized spacial score (nSPS) is 12.4. The van der Waals surface area contributed by atoms with E-state index < -0.39 is 6.10 Å². The number of carbonyl (C=O) groups excluding carboxylic acids is 1. The second-order valence-corrected chi connectivity index (χ2v) is 6.68. The Morgan fingerprint density at radius 3 is 2.81 bits per heavy atom. The van der Waals surface area contributed by atoms with Crippen LogP contribution in [0.25, 0.3) is 10.8 Å². The Morgan fingerprint density at radius 1 is 1.27 bits per heavy atom. The molecule has 0 fully saturated rings. The second kappa shape index (κ2) is 8.19. The van der Waals surface area contributed by atoms with Gasteiger partial charge in [0.15, 0.2) is 6.10 Å². The van der Waals surface area contributed by atoms with Gasteiger partial charge in [0.2, 0.25) is 0 Å². The van der Waals surface area contributed by atoms with Crippen molar-refractivity contribution in [3.8, 4) is 5.75 Å². The zero-order valence-electron chi connectivity index (χ0n) is 14.6. The van der Waals surface area contributed by atoms with Crippen molar-refractivity contribution in [1.29, 1.82) is 0 Å². The fourth-order valence-electron chi connectivity index (χ4n) is 2.62. The first-order chi connectivity index (χ1) is 12.6. The van der Waals surface area contributed by atoms with Crippen molar-refractivity contribution in [2.75, 3.05) is 0 Å². The molecular weight excluding hydrogens is 394 g/mol. The number of aryl methyl sites for hydroxylation is 1. The summed E-state index contributed by atoms with van der Waals surface area (Å²) in [7, 11) is 1.92. The molecule has 1 heterocycles. The van der Waals surface area contributed by atoms with Crippen LogP contribution < -0.4 is 10.2 Å². The molecule has 2 aromatic carbocycles. The lowest BCUT2D eigenvalue weighted by Gasteiger charge is -2.17. The number of fused-ring (bicyclic) bond motifs is 1. The minimum atomic E-state index is -0.627. The van der Waals surface area contributed by atoms with Crippen LogP contribution in [0, 0.1) is 0 Å². The molecule has 0 saturated carbocycles. The quantitative estimate of drug-likeness (QED) is 0.485. The predicted molar refractivity (Wildman–Crippen MR) is 108 cm³/mol. The zero-order chi connectivity index (χ0) is 18.5. The minimum absolute atomic E-state index is 0.280. The van der Waals surface area contributed by atoms with Crippen LogP contribution in [0.2, 0.25) is 0 Å². The van der Waals surface area contributed by atoms with Crippen molar-refractivity contribution in [2.45, 2.75) is 19.4 Å². The highest BCUT2D eigenvalue weighted by atomic mass is 79.9. The molecule has 6 heteroatoms. The molecule has 0 aliphatic rings. The van der Waals surface area contributed by atoms with E-state index in [1.54, 1.807) is 6.21 Å². The molecule has 0 radical (unpaired) electrons. The molecule has 1 atom stereocenters. The van der Waals surface area contributed by atoms with Crippen molar-refractivity contribution < 1.29 is 9.53 Å². The van der Waals surface area contributed by atoms with Gasteiger partial charge >= 0.3 is 0 Å². The lowest BCUT2D eigenvalue weighted by molar-refractivity contribution is -0.128. The number of nitrogens with zero attached hydrogens (tertiary/aromatic N) is 2. The van der Waals surface area contributed by atoms with Crippen molar-refractivity contribution in [2.24, 2.45) is 12.1 Å². The lowest BCUT2D eigenvalue weighted by atomic mass is 10.1. The largest absolute Gasteiger partial charge is 0.479 e. The summed E-state index contributed by atoms with van der Waals surface area (Å²) < 4.78 is 8.69. The molecule has 1 unspecified atom stereocenters. The Labute approximate surface area is 160 Å². The van der Waals surface area contributed by atoms with Gasteiger partial charge in [-0.15, -0.1) is 0 Å². The van der Waals surface area contributed by atoms with Crippen LogP contribution in [0.3, 0.4) is 0 Å². The number of ether oxygens (including phenoxy) is 1. The summed E-state index contributed by atoms with van der Waals surface area (Å²) in [4.78, 5) is 12.4. The zero-order valence-corrected chi connectivity index (χ0v) is 16.2. The van der Waals surface area contributed by atoms with Crippen LogP contribution in [0.4, 0.5) is 0 Å². The maximum atomic E-state index is 12.4. The SMILES string of the molecule is CCC(Oc1ccc2ccccc2c1Br)C(=O)NN=Cc1cccn1C. The van der Waals surface area contributed by atoms with Gasteiger partial charge in [-0.3, -0.25) is 4.79 Å². The number of carbonyl (C=O) groups is 1. The van der Waals surface area contributed by atoms with E-state index in [4.69, 9.17) is 4.74 Å². The van der Waals surface area contributed by atoms with Crippen LogP contribution in [0.5, 0.6) is 5.75 Å². The average molecular weight is 414 g/mol. The number of nitrogens with one attached hydrogen (secondary N) is 1. The van der Waals surface area contributed by atoms with Crippen LogP contribution in [-0.2, 0) is 11.8 Å². The van der Waals surface area contributed by atoms with Gasteiger partial charge < -0.3 is 9.30 Å². The van der Waals surface area contributed by atoms with Crippen LogP contribution in [0.1, 0.15) is 19.0 Å². The molecule has 0 aliphatic heterocycles. The maximum absolute atomic E-state index is 12.4. The first-order valence-corrected chi connectivity index (χ1v) is 9.17. The Hall–Kier alpha value is -2.60. The molecule has 0 bridgehead atoms. The predicted octanol–water partition coefficient (Wildman–Crippen LogP) is 4.25. The molecular formula is C20H20BrN3O2. The Bertz CT molecular complexity index is 949. The number of hydrogen-bond donors (Lipinski definition) is 1. The van der Waals surface area contributed by atoms with Crippen molar-refractivity contribution >= 4 is 38.8 Å². The topological polar surface area (TPSA) is 55.6 Å². The summed E-state index contributed by atoms with van der Waals surface area (Å²) >= 11 is 3.59. The maximum Gasteiger partial charge on any atom is 0.281 e. The van der Waals surface area contributed by atoms with E-state index in [-0.39, 0.29) is 5.91 Å². The number of hydrogen-bond acceptors (Lipinski definition) is 3. The van der Waals surface area contributed by atoms with E-state index in [2.05, 4.69) is 26.5 Å². The van der Waals surface area contributed by atoms with E-state index >= 15 is 0 Å². The van der Waals surface area contributed by atoms with Crippen LogP contribution in [0.15, 0.2) is 64.3 Å². The van der Waals surface area contributed by atoms with Crippen molar-refractivity contribution in [3.63, 3.8) is 0 Å². The van der Waals surface area contributed by atoms with Gasteiger partial charge in [-0.1, -0.05) is 37.3 Å². The number of aromatic nitrogens is 1. The van der Waals surface area contributed by atoms with Gasteiger partial charge in [-0.25, -0.2) is 5.43 Å². The molecule has 5 nitrogen and oxygen atoms in total. The average Bonchev–Trinajstić information content (AvgIpc) is 3.06. The molecule has 0 aliphatic carbocycles. The van der Waals surface area contributed by atoms with E-state index in [9.17, 15) is 4.79 Å². The van der Waals surface area contributed by atoms with Crippen LogP contribution >= 0.6 is 15.9 Å². The fourth-order valence-corrected chi connectivity index (χ4v) is 3.21.